The number of ether oxygens (including phenoxy) is 1. The van der Waals surface area contributed by atoms with Gasteiger partial charge >= 0.3 is 12.1 Å². The molecule has 0 bridgehead atoms. The van der Waals surface area contributed by atoms with Crippen LogP contribution in [0.3, 0.4) is 0 Å². The molecule has 1 fully saturated rings. The standard InChI is InChI=1S/C14H17NO4/c1-10-4-6-11(7-5-10)9-19-14(18)15-8-2-3-12(15)13(16)17/h4-7,12H,2-3,8-9H2,1H3,(H,16,17)/t12-/m0/s1. The van der Waals surface area contributed by atoms with Gasteiger partial charge in [0, 0.05) is 6.54 Å². The van der Waals surface area contributed by atoms with Gasteiger partial charge in [0.2, 0.25) is 0 Å². The van der Waals surface area contributed by atoms with Crippen LogP contribution in [0.4, 0.5) is 4.79 Å². The first kappa shape index (κ1) is 13.4. The number of carbonyl (C=O) groups is 2. The molecule has 0 aromatic heterocycles. The number of benzene rings is 1. The van der Waals surface area contributed by atoms with Gasteiger partial charge in [-0.1, -0.05) is 29.8 Å². The lowest BCUT2D eigenvalue weighted by atomic mass is 10.2. The molecular formula is C14H17NO4. The van der Waals surface area contributed by atoms with Crippen molar-refractivity contribution in [2.75, 3.05) is 6.54 Å². The van der Waals surface area contributed by atoms with Gasteiger partial charge in [-0.2, -0.15) is 0 Å². The monoisotopic (exact) mass is 263 g/mol. The molecule has 102 valence electrons. The van der Waals surface area contributed by atoms with E-state index in [1.807, 2.05) is 31.2 Å². The van der Waals surface area contributed by atoms with E-state index in [9.17, 15) is 9.59 Å². The Labute approximate surface area is 111 Å². The molecular weight excluding hydrogens is 246 g/mol. The lowest BCUT2D eigenvalue weighted by Gasteiger charge is -2.20. The molecule has 1 saturated heterocycles. The van der Waals surface area contributed by atoms with Crippen molar-refractivity contribution in [2.45, 2.75) is 32.4 Å². The van der Waals surface area contributed by atoms with Crippen molar-refractivity contribution < 1.29 is 19.4 Å². The Balaban J connectivity index is 1.90. The van der Waals surface area contributed by atoms with Crippen molar-refractivity contribution in [2.24, 2.45) is 0 Å². The first-order chi connectivity index (χ1) is 9.08. The van der Waals surface area contributed by atoms with Crippen LogP contribution in [0.2, 0.25) is 0 Å². The van der Waals surface area contributed by atoms with Crippen LogP contribution in [0.15, 0.2) is 24.3 Å². The van der Waals surface area contributed by atoms with Crippen LogP contribution >= 0.6 is 0 Å². The highest BCUT2D eigenvalue weighted by Gasteiger charge is 2.34. The molecule has 0 saturated carbocycles. The smallest absolute Gasteiger partial charge is 0.410 e. The minimum Gasteiger partial charge on any atom is -0.480 e. The lowest BCUT2D eigenvalue weighted by Crippen LogP contribution is -2.40. The summed E-state index contributed by atoms with van der Waals surface area (Å²) in [4.78, 5) is 24.1. The number of carbonyl (C=O) groups excluding carboxylic acids is 1. The van der Waals surface area contributed by atoms with Crippen molar-refractivity contribution in [3.8, 4) is 0 Å². The molecule has 1 aliphatic heterocycles. The Morgan fingerprint density at radius 1 is 1.37 bits per heavy atom. The molecule has 19 heavy (non-hydrogen) atoms. The van der Waals surface area contributed by atoms with Crippen LogP contribution in [-0.2, 0) is 16.1 Å². The molecule has 1 aromatic rings. The molecule has 0 unspecified atom stereocenters. The van der Waals surface area contributed by atoms with E-state index in [4.69, 9.17) is 9.84 Å². The number of aliphatic carboxylic acids is 1. The van der Waals surface area contributed by atoms with Gasteiger partial charge in [-0.15, -0.1) is 0 Å². The quantitative estimate of drug-likeness (QED) is 0.907. The van der Waals surface area contributed by atoms with E-state index in [2.05, 4.69) is 0 Å². The average Bonchev–Trinajstić information content (AvgIpc) is 2.87. The number of carboxylic acids is 1. The Morgan fingerprint density at radius 2 is 2.05 bits per heavy atom. The fraction of sp³-hybridized carbons (Fsp3) is 0.429. The number of carboxylic acid groups (broad SMARTS) is 1. The van der Waals surface area contributed by atoms with E-state index in [1.54, 1.807) is 0 Å². The minimum atomic E-state index is -0.968. The summed E-state index contributed by atoms with van der Waals surface area (Å²) in [5.74, 6) is -0.968. The van der Waals surface area contributed by atoms with E-state index in [0.717, 1.165) is 11.1 Å². The van der Waals surface area contributed by atoms with Gasteiger partial charge in [-0.25, -0.2) is 9.59 Å². The van der Waals surface area contributed by atoms with Crippen molar-refractivity contribution in [1.82, 2.24) is 4.90 Å². The summed E-state index contributed by atoms with van der Waals surface area (Å²) >= 11 is 0. The number of hydrogen-bond acceptors (Lipinski definition) is 3. The summed E-state index contributed by atoms with van der Waals surface area (Å²) in [5.41, 5.74) is 2.03. The number of rotatable bonds is 3. The van der Waals surface area contributed by atoms with Gasteiger partial charge in [0.15, 0.2) is 0 Å². The zero-order chi connectivity index (χ0) is 13.8. The zero-order valence-electron chi connectivity index (χ0n) is 10.8. The van der Waals surface area contributed by atoms with Crippen LogP contribution in [-0.4, -0.2) is 34.7 Å². The second-order valence-corrected chi connectivity index (χ2v) is 4.73. The molecule has 1 atom stereocenters. The van der Waals surface area contributed by atoms with Crippen LogP contribution in [0.5, 0.6) is 0 Å². The molecule has 5 heteroatoms. The molecule has 1 aliphatic rings. The molecule has 0 aliphatic carbocycles. The van der Waals surface area contributed by atoms with Crippen LogP contribution < -0.4 is 0 Å². The summed E-state index contributed by atoms with van der Waals surface area (Å²) in [6.45, 7) is 2.60. The van der Waals surface area contributed by atoms with Crippen molar-refractivity contribution in [3.05, 3.63) is 35.4 Å². The predicted molar refractivity (Wildman–Crippen MR) is 68.7 cm³/mol. The molecule has 1 amide bonds. The Bertz CT molecular complexity index is 469. The first-order valence-electron chi connectivity index (χ1n) is 6.29. The predicted octanol–water partition coefficient (Wildman–Crippen LogP) is 2.18. The SMILES string of the molecule is Cc1ccc(COC(=O)N2CCC[C@H]2C(=O)O)cc1. The topological polar surface area (TPSA) is 66.8 Å². The van der Waals surface area contributed by atoms with Crippen molar-refractivity contribution >= 4 is 12.1 Å². The van der Waals surface area contributed by atoms with Gasteiger partial charge in [-0.3, -0.25) is 4.90 Å². The molecule has 1 N–H and O–H groups in total. The van der Waals surface area contributed by atoms with E-state index in [1.165, 1.54) is 4.90 Å². The maximum atomic E-state index is 11.8. The number of hydrogen-bond donors (Lipinski definition) is 1. The Kier molecular flexibility index (Phi) is 4.04. The molecule has 0 spiro atoms. The van der Waals surface area contributed by atoms with E-state index in [0.29, 0.717) is 19.4 Å². The highest BCUT2D eigenvalue weighted by Crippen LogP contribution is 2.19. The van der Waals surface area contributed by atoms with Crippen LogP contribution in [0.1, 0.15) is 24.0 Å². The summed E-state index contributed by atoms with van der Waals surface area (Å²) < 4.78 is 5.16. The highest BCUT2D eigenvalue weighted by atomic mass is 16.6. The third-order valence-electron chi connectivity index (χ3n) is 3.26. The second-order valence-electron chi connectivity index (χ2n) is 4.73. The van der Waals surface area contributed by atoms with Crippen molar-refractivity contribution in [1.29, 1.82) is 0 Å². The highest BCUT2D eigenvalue weighted by molar-refractivity contribution is 5.80. The average molecular weight is 263 g/mol. The number of nitrogens with zero attached hydrogens (tertiary/aromatic N) is 1. The van der Waals surface area contributed by atoms with Crippen LogP contribution in [0.25, 0.3) is 0 Å². The molecule has 0 radical (unpaired) electrons. The number of likely N-dealkylation sites (tertiary alicyclic amines) is 1. The maximum absolute atomic E-state index is 11.8. The van der Waals surface area contributed by atoms with Gasteiger partial charge in [0.1, 0.15) is 12.6 Å². The van der Waals surface area contributed by atoms with Gasteiger partial charge in [-0.05, 0) is 25.3 Å². The molecule has 1 aromatic carbocycles. The first-order valence-corrected chi connectivity index (χ1v) is 6.29. The fourth-order valence-electron chi connectivity index (χ4n) is 2.15. The largest absolute Gasteiger partial charge is 0.480 e. The summed E-state index contributed by atoms with van der Waals surface area (Å²) in [6, 6.07) is 6.92. The van der Waals surface area contributed by atoms with Crippen LogP contribution in [0, 0.1) is 6.92 Å². The minimum absolute atomic E-state index is 0.169. The third-order valence-corrected chi connectivity index (χ3v) is 3.26. The van der Waals surface area contributed by atoms with Gasteiger partial charge in [0.25, 0.3) is 0 Å². The summed E-state index contributed by atoms with van der Waals surface area (Å²) in [6.07, 6.45) is 0.649. The van der Waals surface area contributed by atoms with E-state index in [-0.39, 0.29) is 6.61 Å². The maximum Gasteiger partial charge on any atom is 0.410 e. The molecule has 2 rings (SSSR count). The second kappa shape index (κ2) is 5.73. The Hall–Kier alpha value is -2.04. The number of amides is 1. The van der Waals surface area contributed by atoms with Gasteiger partial charge in [0.05, 0.1) is 0 Å². The molecule has 5 nitrogen and oxygen atoms in total. The third kappa shape index (κ3) is 3.24. The summed E-state index contributed by atoms with van der Waals surface area (Å²) in [7, 11) is 0. The van der Waals surface area contributed by atoms with E-state index < -0.39 is 18.1 Å². The molecule has 1 heterocycles. The summed E-state index contributed by atoms with van der Waals surface area (Å²) in [5, 5.41) is 9.00. The van der Waals surface area contributed by atoms with Crippen molar-refractivity contribution in [3.63, 3.8) is 0 Å². The Morgan fingerprint density at radius 3 is 2.68 bits per heavy atom. The zero-order valence-corrected chi connectivity index (χ0v) is 10.8. The lowest BCUT2D eigenvalue weighted by molar-refractivity contribution is -0.141. The fourth-order valence-corrected chi connectivity index (χ4v) is 2.15. The van der Waals surface area contributed by atoms with Gasteiger partial charge < -0.3 is 9.84 Å². The van der Waals surface area contributed by atoms with E-state index >= 15 is 0 Å². The number of aryl methyl sites for hydroxylation is 1. The normalized spacial score (nSPS) is 18.4.